The quantitative estimate of drug-likeness (QED) is 0.814. The maximum atomic E-state index is 12.2. The highest BCUT2D eigenvalue weighted by Crippen LogP contribution is 2.39. The van der Waals surface area contributed by atoms with Crippen molar-refractivity contribution in [3.8, 4) is 6.07 Å². The zero-order valence-corrected chi connectivity index (χ0v) is 14.1. The molecule has 0 aromatic carbocycles. The summed E-state index contributed by atoms with van der Waals surface area (Å²) >= 11 is 0. The number of nitriles is 1. The zero-order valence-electron chi connectivity index (χ0n) is 14.1. The second-order valence-electron chi connectivity index (χ2n) is 6.24. The van der Waals surface area contributed by atoms with Crippen molar-refractivity contribution in [3.63, 3.8) is 0 Å². The largest absolute Gasteiger partial charge is 0.452 e. The first kappa shape index (κ1) is 17.1. The molecule has 1 aromatic rings. The van der Waals surface area contributed by atoms with Gasteiger partial charge in [-0.3, -0.25) is 4.79 Å². The van der Waals surface area contributed by atoms with E-state index in [1.807, 2.05) is 25.3 Å². The number of aryl methyl sites for hydroxylation is 1. The molecule has 1 fully saturated rings. The molecule has 23 heavy (non-hydrogen) atoms. The summed E-state index contributed by atoms with van der Waals surface area (Å²) in [5.41, 5.74) is 1.41. The van der Waals surface area contributed by atoms with Crippen molar-refractivity contribution >= 4 is 11.9 Å². The molecular formula is C17H23N3O3. The molecule has 0 unspecified atom stereocenters. The maximum absolute atomic E-state index is 12.2. The molecule has 1 N–H and O–H groups in total. The second-order valence-corrected chi connectivity index (χ2v) is 6.24. The lowest BCUT2D eigenvalue weighted by Crippen LogP contribution is -2.48. The number of nitrogens with zero attached hydrogens (tertiary/aromatic N) is 2. The molecule has 6 heteroatoms. The number of hydrogen-bond acceptors (Lipinski definition) is 4. The van der Waals surface area contributed by atoms with Crippen molar-refractivity contribution < 1.29 is 14.3 Å². The minimum absolute atomic E-state index is 0.190. The summed E-state index contributed by atoms with van der Waals surface area (Å²) < 4.78 is 7.11. The summed E-state index contributed by atoms with van der Waals surface area (Å²) in [6.45, 7) is 7.88. The number of hydrogen-bond donors (Lipinski definition) is 1. The molecule has 0 spiro atoms. The summed E-state index contributed by atoms with van der Waals surface area (Å²) in [4.78, 5) is 24.1. The predicted molar refractivity (Wildman–Crippen MR) is 84.7 cm³/mol. The van der Waals surface area contributed by atoms with Crippen molar-refractivity contribution in [3.05, 3.63) is 23.0 Å². The van der Waals surface area contributed by atoms with Crippen LogP contribution in [-0.4, -0.2) is 28.6 Å². The van der Waals surface area contributed by atoms with Crippen LogP contribution < -0.4 is 5.32 Å². The van der Waals surface area contributed by atoms with Crippen LogP contribution in [0, 0.1) is 31.1 Å². The number of rotatable bonds is 6. The standard InChI is InChI=1S/C17H23N3O3/c1-5-20-11(2)8-14(12(20)3)16(22)23-9-15(21)19-17(4,10-18)13-6-7-13/h8,13H,5-7,9H2,1-4H3,(H,19,21)/t17-/m1/s1. The number of carbonyl (C=O) groups excluding carboxylic acids is 2. The van der Waals surface area contributed by atoms with E-state index in [1.54, 1.807) is 13.0 Å². The lowest BCUT2D eigenvalue weighted by molar-refractivity contribution is -0.125. The van der Waals surface area contributed by atoms with E-state index in [2.05, 4.69) is 11.4 Å². The topological polar surface area (TPSA) is 84.1 Å². The van der Waals surface area contributed by atoms with Crippen molar-refractivity contribution in [2.45, 2.75) is 52.6 Å². The van der Waals surface area contributed by atoms with Crippen molar-refractivity contribution in [2.75, 3.05) is 6.61 Å². The van der Waals surface area contributed by atoms with Crippen molar-refractivity contribution in [1.29, 1.82) is 5.26 Å². The number of nitrogens with one attached hydrogen (secondary N) is 1. The molecule has 0 saturated heterocycles. The Morgan fingerprint density at radius 2 is 2.13 bits per heavy atom. The first-order valence-corrected chi connectivity index (χ1v) is 7.88. The fraction of sp³-hybridized carbons (Fsp3) is 0.588. The molecular weight excluding hydrogens is 294 g/mol. The van der Waals surface area contributed by atoms with Crippen LogP contribution >= 0.6 is 0 Å². The van der Waals surface area contributed by atoms with Crippen LogP contribution in [0.4, 0.5) is 0 Å². The third-order valence-corrected chi connectivity index (χ3v) is 4.47. The Morgan fingerprint density at radius 3 is 2.61 bits per heavy atom. The van der Waals surface area contributed by atoms with Gasteiger partial charge in [0.25, 0.3) is 5.91 Å². The number of amides is 1. The summed E-state index contributed by atoms with van der Waals surface area (Å²) in [7, 11) is 0. The Kier molecular flexibility index (Phi) is 4.79. The summed E-state index contributed by atoms with van der Waals surface area (Å²) in [6, 6.07) is 3.91. The molecule has 1 atom stereocenters. The van der Waals surface area contributed by atoms with Crippen LogP contribution in [0.2, 0.25) is 0 Å². The number of esters is 1. The summed E-state index contributed by atoms with van der Waals surface area (Å²) in [6.07, 6.45) is 1.88. The van der Waals surface area contributed by atoms with Crippen LogP contribution in [0.25, 0.3) is 0 Å². The molecule has 1 aliphatic rings. The van der Waals surface area contributed by atoms with Crippen molar-refractivity contribution in [1.82, 2.24) is 9.88 Å². The van der Waals surface area contributed by atoms with Gasteiger partial charge in [-0.15, -0.1) is 0 Å². The molecule has 0 bridgehead atoms. The van der Waals surface area contributed by atoms with Gasteiger partial charge < -0.3 is 14.6 Å². The SMILES string of the molecule is CCn1c(C)cc(C(=O)OCC(=O)N[C@](C)(C#N)C2CC2)c1C. The van der Waals surface area contributed by atoms with Gasteiger partial charge in [0, 0.05) is 17.9 Å². The molecule has 1 aliphatic carbocycles. The lowest BCUT2D eigenvalue weighted by Gasteiger charge is -2.22. The van der Waals surface area contributed by atoms with Crippen LogP contribution in [0.3, 0.4) is 0 Å². The predicted octanol–water partition coefficient (Wildman–Crippen LogP) is 2.09. The second kappa shape index (κ2) is 6.45. The van der Waals surface area contributed by atoms with Crippen LogP contribution in [-0.2, 0) is 16.1 Å². The van der Waals surface area contributed by atoms with E-state index in [-0.39, 0.29) is 12.5 Å². The fourth-order valence-corrected chi connectivity index (χ4v) is 2.91. The molecule has 1 amide bonds. The van der Waals surface area contributed by atoms with Gasteiger partial charge in [0.2, 0.25) is 0 Å². The van der Waals surface area contributed by atoms with Gasteiger partial charge in [-0.25, -0.2) is 4.79 Å². The minimum atomic E-state index is -0.873. The minimum Gasteiger partial charge on any atom is -0.452 e. The highest BCUT2D eigenvalue weighted by atomic mass is 16.5. The summed E-state index contributed by atoms with van der Waals surface area (Å²) in [5.74, 6) is -0.771. The van der Waals surface area contributed by atoms with Gasteiger partial charge in [-0.1, -0.05) is 0 Å². The normalized spacial score (nSPS) is 16.3. The van der Waals surface area contributed by atoms with Crippen LogP contribution in [0.15, 0.2) is 6.07 Å². The van der Waals surface area contributed by atoms with Gasteiger partial charge in [-0.05, 0) is 52.5 Å². The molecule has 0 aliphatic heterocycles. The number of aromatic nitrogens is 1. The van der Waals surface area contributed by atoms with E-state index in [9.17, 15) is 14.9 Å². The third kappa shape index (κ3) is 3.55. The van der Waals surface area contributed by atoms with Gasteiger partial charge in [-0.2, -0.15) is 5.26 Å². The third-order valence-electron chi connectivity index (χ3n) is 4.47. The zero-order chi connectivity index (χ0) is 17.2. The maximum Gasteiger partial charge on any atom is 0.340 e. The monoisotopic (exact) mass is 317 g/mol. The van der Waals surface area contributed by atoms with Crippen LogP contribution in [0.1, 0.15) is 48.4 Å². The van der Waals surface area contributed by atoms with E-state index < -0.39 is 17.4 Å². The van der Waals surface area contributed by atoms with Crippen LogP contribution in [0.5, 0.6) is 0 Å². The molecule has 6 nitrogen and oxygen atoms in total. The Morgan fingerprint density at radius 1 is 1.48 bits per heavy atom. The van der Waals surface area contributed by atoms with Crippen molar-refractivity contribution in [2.24, 2.45) is 5.92 Å². The molecule has 1 aromatic heterocycles. The molecule has 1 heterocycles. The lowest BCUT2D eigenvalue weighted by atomic mass is 9.98. The first-order chi connectivity index (χ1) is 10.8. The van der Waals surface area contributed by atoms with Gasteiger partial charge in [0.1, 0.15) is 5.54 Å². The first-order valence-electron chi connectivity index (χ1n) is 7.88. The Balaban J connectivity index is 1.94. The Labute approximate surface area is 136 Å². The van der Waals surface area contributed by atoms with E-state index >= 15 is 0 Å². The van der Waals surface area contributed by atoms with E-state index in [0.717, 1.165) is 30.8 Å². The van der Waals surface area contributed by atoms with E-state index in [1.165, 1.54) is 0 Å². The van der Waals surface area contributed by atoms with E-state index in [0.29, 0.717) is 5.56 Å². The van der Waals surface area contributed by atoms with Gasteiger partial charge in [0.05, 0.1) is 11.6 Å². The summed E-state index contributed by atoms with van der Waals surface area (Å²) in [5, 5.41) is 11.9. The molecule has 2 rings (SSSR count). The Hall–Kier alpha value is -2.29. The molecule has 1 saturated carbocycles. The molecule has 0 radical (unpaired) electrons. The molecule has 124 valence electrons. The number of ether oxygens (including phenoxy) is 1. The number of carbonyl (C=O) groups is 2. The Bertz CT molecular complexity index is 667. The highest BCUT2D eigenvalue weighted by molar-refractivity contribution is 5.92. The smallest absolute Gasteiger partial charge is 0.340 e. The average Bonchev–Trinajstić information content (AvgIpc) is 3.32. The fourth-order valence-electron chi connectivity index (χ4n) is 2.91. The highest BCUT2D eigenvalue weighted by Gasteiger charge is 2.43. The van der Waals surface area contributed by atoms with E-state index in [4.69, 9.17) is 4.74 Å². The van der Waals surface area contributed by atoms with Gasteiger partial charge >= 0.3 is 5.97 Å². The van der Waals surface area contributed by atoms with Gasteiger partial charge in [0.15, 0.2) is 6.61 Å². The average molecular weight is 317 g/mol.